The molecular formula is C17H21N3O3S. The van der Waals surface area contributed by atoms with Gasteiger partial charge in [0, 0.05) is 18.7 Å². The lowest BCUT2D eigenvalue weighted by Crippen LogP contribution is -2.48. The Morgan fingerprint density at radius 3 is 2.75 bits per heavy atom. The van der Waals surface area contributed by atoms with Crippen molar-refractivity contribution in [3.63, 3.8) is 0 Å². The lowest BCUT2D eigenvalue weighted by Gasteiger charge is -2.35. The molecule has 2 heterocycles. The summed E-state index contributed by atoms with van der Waals surface area (Å²) in [6, 6.07) is 7.88. The number of benzene rings is 1. The molecule has 1 fully saturated rings. The quantitative estimate of drug-likeness (QED) is 0.792. The van der Waals surface area contributed by atoms with Gasteiger partial charge in [-0.1, -0.05) is 29.5 Å². The molecule has 0 unspecified atom stereocenters. The van der Waals surface area contributed by atoms with Gasteiger partial charge < -0.3 is 14.1 Å². The van der Waals surface area contributed by atoms with E-state index in [4.69, 9.17) is 9.15 Å². The number of aryl methyl sites for hydroxylation is 1. The van der Waals surface area contributed by atoms with Crippen molar-refractivity contribution >= 4 is 17.7 Å². The molecule has 2 aromatic rings. The number of nitrogens with zero attached hydrogens (tertiary/aromatic N) is 3. The van der Waals surface area contributed by atoms with Crippen molar-refractivity contribution in [2.45, 2.75) is 38.2 Å². The summed E-state index contributed by atoms with van der Waals surface area (Å²) in [7, 11) is 0. The molecule has 0 saturated carbocycles. The van der Waals surface area contributed by atoms with E-state index >= 15 is 0 Å². The summed E-state index contributed by atoms with van der Waals surface area (Å²) >= 11 is 1.27. The zero-order valence-electron chi connectivity index (χ0n) is 14.1. The van der Waals surface area contributed by atoms with E-state index in [-0.39, 0.29) is 23.9 Å². The van der Waals surface area contributed by atoms with Gasteiger partial charge in [0.2, 0.25) is 11.8 Å². The van der Waals surface area contributed by atoms with Gasteiger partial charge in [-0.25, -0.2) is 0 Å². The maximum Gasteiger partial charge on any atom is 0.277 e. The number of carbonyl (C=O) groups excluding carboxylic acids is 1. The molecule has 1 amide bonds. The summed E-state index contributed by atoms with van der Waals surface area (Å²) in [4.78, 5) is 14.2. The smallest absolute Gasteiger partial charge is 0.277 e. The Hall–Kier alpha value is -1.86. The molecule has 0 aliphatic carbocycles. The minimum Gasteiger partial charge on any atom is -0.411 e. The number of rotatable bonds is 4. The van der Waals surface area contributed by atoms with Gasteiger partial charge in [0.25, 0.3) is 5.22 Å². The maximum atomic E-state index is 12.3. The van der Waals surface area contributed by atoms with Gasteiger partial charge in [0.05, 0.1) is 18.0 Å². The van der Waals surface area contributed by atoms with E-state index in [1.165, 1.54) is 11.8 Å². The fourth-order valence-corrected chi connectivity index (χ4v) is 3.43. The van der Waals surface area contributed by atoms with Gasteiger partial charge in [-0.15, -0.1) is 10.2 Å². The standard InChI is InChI=1S/C17H21N3O3S/c1-11-5-4-6-14(7-11)16-18-19-17(23-16)24-10-15(21)20-8-12(2)22-13(3)9-20/h4-7,12-13H,8-10H2,1-3H3/t12-,13-/m0/s1. The molecule has 0 N–H and O–H groups in total. The van der Waals surface area contributed by atoms with E-state index in [0.717, 1.165) is 11.1 Å². The normalized spacial score (nSPS) is 21.0. The van der Waals surface area contributed by atoms with Gasteiger partial charge in [-0.2, -0.15) is 0 Å². The topological polar surface area (TPSA) is 68.5 Å². The molecule has 0 bridgehead atoms. The van der Waals surface area contributed by atoms with Gasteiger partial charge in [-0.3, -0.25) is 4.79 Å². The molecule has 1 saturated heterocycles. The van der Waals surface area contributed by atoms with E-state index < -0.39 is 0 Å². The number of aromatic nitrogens is 2. The van der Waals surface area contributed by atoms with Crippen LogP contribution in [0.5, 0.6) is 0 Å². The molecule has 1 aliphatic rings. The van der Waals surface area contributed by atoms with Crippen LogP contribution in [-0.2, 0) is 9.53 Å². The van der Waals surface area contributed by atoms with Crippen LogP contribution in [0.2, 0.25) is 0 Å². The summed E-state index contributed by atoms with van der Waals surface area (Å²) in [5.41, 5.74) is 2.02. The Bertz CT molecular complexity index is 709. The molecule has 1 aliphatic heterocycles. The zero-order chi connectivity index (χ0) is 17.1. The molecule has 7 heteroatoms. The van der Waals surface area contributed by atoms with Crippen molar-refractivity contribution in [1.29, 1.82) is 0 Å². The number of hydrogen-bond donors (Lipinski definition) is 0. The van der Waals surface area contributed by atoms with E-state index in [1.54, 1.807) is 0 Å². The third kappa shape index (κ3) is 4.15. The van der Waals surface area contributed by atoms with Crippen LogP contribution in [0, 0.1) is 6.92 Å². The third-order valence-corrected chi connectivity index (χ3v) is 4.57. The number of ether oxygens (including phenoxy) is 1. The lowest BCUT2D eigenvalue weighted by molar-refractivity contribution is -0.140. The minimum atomic E-state index is 0.0669. The monoisotopic (exact) mass is 347 g/mol. The van der Waals surface area contributed by atoms with Crippen LogP contribution >= 0.6 is 11.8 Å². The van der Waals surface area contributed by atoms with E-state index in [9.17, 15) is 4.79 Å². The predicted molar refractivity (Wildman–Crippen MR) is 91.8 cm³/mol. The molecule has 1 aromatic carbocycles. The van der Waals surface area contributed by atoms with Crippen molar-refractivity contribution in [1.82, 2.24) is 15.1 Å². The first-order valence-electron chi connectivity index (χ1n) is 7.98. The Balaban J connectivity index is 1.58. The highest BCUT2D eigenvalue weighted by molar-refractivity contribution is 7.99. The highest BCUT2D eigenvalue weighted by Gasteiger charge is 2.26. The second-order valence-corrected chi connectivity index (χ2v) is 7.01. The summed E-state index contributed by atoms with van der Waals surface area (Å²) in [5, 5.41) is 8.49. The molecule has 1 aromatic heterocycles. The summed E-state index contributed by atoms with van der Waals surface area (Å²) in [6.07, 6.45) is 0.137. The molecule has 3 rings (SSSR count). The fourth-order valence-electron chi connectivity index (χ4n) is 2.76. The first kappa shape index (κ1) is 17.0. The second-order valence-electron chi connectivity index (χ2n) is 6.09. The summed E-state index contributed by atoms with van der Waals surface area (Å²) < 4.78 is 11.3. The first-order valence-corrected chi connectivity index (χ1v) is 8.96. The second kappa shape index (κ2) is 7.36. The maximum absolute atomic E-state index is 12.3. The Morgan fingerprint density at radius 1 is 1.29 bits per heavy atom. The van der Waals surface area contributed by atoms with Crippen LogP contribution < -0.4 is 0 Å². The van der Waals surface area contributed by atoms with Crippen LogP contribution in [0.3, 0.4) is 0 Å². The summed E-state index contributed by atoms with van der Waals surface area (Å²) in [6.45, 7) is 7.23. The van der Waals surface area contributed by atoms with Crippen LogP contribution in [0.1, 0.15) is 19.4 Å². The number of hydrogen-bond acceptors (Lipinski definition) is 6. The van der Waals surface area contributed by atoms with E-state index in [1.807, 2.05) is 49.9 Å². The van der Waals surface area contributed by atoms with Crippen molar-refractivity contribution in [3.8, 4) is 11.5 Å². The van der Waals surface area contributed by atoms with Gasteiger partial charge in [0.15, 0.2) is 0 Å². The first-order chi connectivity index (χ1) is 11.5. The van der Waals surface area contributed by atoms with Crippen LogP contribution in [0.4, 0.5) is 0 Å². The SMILES string of the molecule is Cc1cccc(-c2nnc(SCC(=O)N3C[C@H](C)O[C@@H](C)C3)o2)c1. The number of thioether (sulfide) groups is 1. The molecule has 2 atom stereocenters. The van der Waals surface area contributed by atoms with Gasteiger partial charge in [0.1, 0.15) is 0 Å². The molecule has 24 heavy (non-hydrogen) atoms. The van der Waals surface area contributed by atoms with Crippen LogP contribution in [-0.4, -0.2) is 52.1 Å². The van der Waals surface area contributed by atoms with E-state index in [2.05, 4.69) is 10.2 Å². The summed E-state index contributed by atoms with van der Waals surface area (Å²) in [5.74, 6) is 0.828. The third-order valence-electron chi connectivity index (χ3n) is 3.76. The van der Waals surface area contributed by atoms with E-state index in [0.29, 0.717) is 24.2 Å². The molecule has 0 radical (unpaired) electrons. The van der Waals surface area contributed by atoms with Gasteiger partial charge in [-0.05, 0) is 32.9 Å². The van der Waals surface area contributed by atoms with Gasteiger partial charge >= 0.3 is 0 Å². The average molecular weight is 347 g/mol. The van der Waals surface area contributed by atoms with Crippen molar-refractivity contribution < 1.29 is 13.9 Å². The highest BCUT2D eigenvalue weighted by Crippen LogP contribution is 2.24. The Kier molecular flexibility index (Phi) is 5.20. The Morgan fingerprint density at radius 2 is 2.04 bits per heavy atom. The van der Waals surface area contributed by atoms with Crippen molar-refractivity contribution in [2.75, 3.05) is 18.8 Å². The van der Waals surface area contributed by atoms with Crippen molar-refractivity contribution in [3.05, 3.63) is 29.8 Å². The number of carbonyl (C=O) groups is 1. The lowest BCUT2D eigenvalue weighted by atomic mass is 10.1. The van der Waals surface area contributed by atoms with Crippen molar-refractivity contribution in [2.24, 2.45) is 0 Å². The minimum absolute atomic E-state index is 0.0669. The molecular weight excluding hydrogens is 326 g/mol. The average Bonchev–Trinajstić information content (AvgIpc) is 3.00. The predicted octanol–water partition coefficient (Wildman–Crippen LogP) is 2.77. The largest absolute Gasteiger partial charge is 0.411 e. The van der Waals surface area contributed by atoms with Crippen LogP contribution in [0.15, 0.2) is 33.9 Å². The molecule has 128 valence electrons. The number of morpholine rings is 1. The number of amides is 1. The molecule has 0 spiro atoms. The highest BCUT2D eigenvalue weighted by atomic mass is 32.2. The molecule has 6 nitrogen and oxygen atoms in total. The van der Waals surface area contributed by atoms with Crippen LogP contribution in [0.25, 0.3) is 11.5 Å². The Labute approximate surface area is 145 Å². The zero-order valence-corrected chi connectivity index (χ0v) is 14.9. The fraction of sp³-hybridized carbons (Fsp3) is 0.471.